The molecule has 2 fully saturated rings. The van der Waals surface area contributed by atoms with Crippen molar-refractivity contribution in [3.8, 4) is 0 Å². The molecule has 0 N–H and O–H groups in total. The number of likely N-dealkylation sites (tertiary alicyclic amines) is 1. The summed E-state index contributed by atoms with van der Waals surface area (Å²) in [4.78, 5) is 2.59. The number of fused-ring (bicyclic) bond motifs is 1. The van der Waals surface area contributed by atoms with Gasteiger partial charge in [-0.3, -0.25) is 4.90 Å². The van der Waals surface area contributed by atoms with E-state index in [-0.39, 0.29) is 0 Å². The van der Waals surface area contributed by atoms with E-state index in [1.165, 1.54) is 56.6 Å². The smallest absolute Gasteiger partial charge is 0.138 e. The molecule has 2 unspecified atom stereocenters. The van der Waals surface area contributed by atoms with Gasteiger partial charge < -0.3 is 0 Å². The minimum Gasteiger partial charge on any atom is -0.294 e. The highest BCUT2D eigenvalue weighted by Crippen LogP contribution is 2.36. The molecule has 1 aromatic rings. The van der Waals surface area contributed by atoms with Crippen molar-refractivity contribution in [1.29, 1.82) is 0 Å². The van der Waals surface area contributed by atoms with Crippen molar-refractivity contribution in [2.75, 3.05) is 6.54 Å². The molecule has 0 spiro atoms. The van der Waals surface area contributed by atoms with Gasteiger partial charge in [-0.1, -0.05) is 28.9 Å². The Labute approximate surface area is 111 Å². The molecule has 1 aliphatic heterocycles. The van der Waals surface area contributed by atoms with Crippen LogP contribution in [0.3, 0.4) is 0 Å². The van der Waals surface area contributed by atoms with E-state index in [2.05, 4.69) is 14.5 Å². The molecule has 1 aromatic heterocycles. The Bertz CT molecular complexity index is 380. The highest BCUT2D eigenvalue weighted by Gasteiger charge is 2.33. The zero-order valence-electron chi connectivity index (χ0n) is 9.94. The van der Waals surface area contributed by atoms with E-state index < -0.39 is 0 Å². The van der Waals surface area contributed by atoms with Gasteiger partial charge in [0.05, 0.1) is 0 Å². The lowest BCUT2D eigenvalue weighted by molar-refractivity contribution is 0.0537. The van der Waals surface area contributed by atoms with Crippen LogP contribution in [-0.4, -0.2) is 27.1 Å². The molecule has 2 heterocycles. The van der Waals surface area contributed by atoms with Gasteiger partial charge in [0.2, 0.25) is 0 Å². The normalized spacial score (nSPS) is 30.2. The third kappa shape index (κ3) is 2.49. The van der Waals surface area contributed by atoms with E-state index in [1.807, 2.05) is 0 Å². The first-order chi connectivity index (χ1) is 8.34. The van der Waals surface area contributed by atoms with Crippen LogP contribution in [0.15, 0.2) is 0 Å². The fourth-order valence-corrected chi connectivity index (χ4v) is 4.02. The van der Waals surface area contributed by atoms with Gasteiger partial charge in [0, 0.05) is 24.1 Å². The van der Waals surface area contributed by atoms with Gasteiger partial charge >= 0.3 is 0 Å². The van der Waals surface area contributed by atoms with Gasteiger partial charge in [-0.2, -0.15) is 0 Å². The number of hydrogen-bond donors (Lipinski definition) is 0. The molecule has 3 nitrogen and oxygen atoms in total. The van der Waals surface area contributed by atoms with Crippen molar-refractivity contribution in [2.45, 2.75) is 51.1 Å². The summed E-state index contributed by atoms with van der Waals surface area (Å²) in [6.07, 6.45) is 8.35. The molecule has 2 atom stereocenters. The standard InChI is InChI=1S/C12H18ClN3S/c13-12-10(14-15-17-12)8-16-7-3-5-9-4-1-2-6-11(9)16/h9,11H,1-8H2. The Balaban J connectivity index is 1.71. The molecular weight excluding hydrogens is 254 g/mol. The molecule has 0 amide bonds. The monoisotopic (exact) mass is 271 g/mol. The maximum absolute atomic E-state index is 6.10. The largest absolute Gasteiger partial charge is 0.294 e. The fraction of sp³-hybridized carbons (Fsp3) is 0.833. The van der Waals surface area contributed by atoms with E-state index in [0.717, 1.165) is 28.5 Å². The van der Waals surface area contributed by atoms with Gasteiger partial charge in [0.25, 0.3) is 0 Å². The Morgan fingerprint density at radius 1 is 1.24 bits per heavy atom. The molecular formula is C12H18ClN3S. The summed E-state index contributed by atoms with van der Waals surface area (Å²) in [5, 5.41) is 4.14. The highest BCUT2D eigenvalue weighted by atomic mass is 35.5. The van der Waals surface area contributed by atoms with Crippen LogP contribution in [0, 0.1) is 5.92 Å². The number of nitrogens with zero attached hydrogens (tertiary/aromatic N) is 3. The van der Waals surface area contributed by atoms with Crippen LogP contribution in [0.4, 0.5) is 0 Å². The average molecular weight is 272 g/mol. The van der Waals surface area contributed by atoms with Gasteiger partial charge in [-0.05, 0) is 38.1 Å². The zero-order valence-corrected chi connectivity index (χ0v) is 11.5. The summed E-state index contributed by atoms with van der Waals surface area (Å²) in [6.45, 7) is 2.10. The third-order valence-electron chi connectivity index (χ3n) is 4.22. The maximum atomic E-state index is 6.10. The first-order valence-electron chi connectivity index (χ1n) is 6.55. The van der Waals surface area contributed by atoms with E-state index in [0.29, 0.717) is 0 Å². The second-order valence-corrected chi connectivity index (χ2v) is 6.57. The minimum atomic E-state index is 0.767. The molecule has 1 saturated carbocycles. The number of piperidine rings is 1. The quantitative estimate of drug-likeness (QED) is 0.826. The average Bonchev–Trinajstić information content (AvgIpc) is 2.76. The van der Waals surface area contributed by atoms with Crippen LogP contribution in [-0.2, 0) is 6.54 Å². The SMILES string of the molecule is Clc1snnc1CN1CCCC2CCCCC21. The topological polar surface area (TPSA) is 29.0 Å². The van der Waals surface area contributed by atoms with Crippen LogP contribution in [0.5, 0.6) is 0 Å². The Morgan fingerprint density at radius 3 is 2.88 bits per heavy atom. The first kappa shape index (κ1) is 11.9. The summed E-state index contributed by atoms with van der Waals surface area (Å²) >= 11 is 7.40. The van der Waals surface area contributed by atoms with E-state index in [1.54, 1.807) is 0 Å². The molecule has 0 radical (unpaired) electrons. The van der Waals surface area contributed by atoms with Crippen molar-refractivity contribution < 1.29 is 0 Å². The Hall–Kier alpha value is -0.190. The summed E-state index contributed by atoms with van der Waals surface area (Å²) in [5.74, 6) is 0.919. The molecule has 0 bridgehead atoms. The number of aromatic nitrogens is 2. The van der Waals surface area contributed by atoms with Crippen LogP contribution in [0.1, 0.15) is 44.2 Å². The van der Waals surface area contributed by atoms with Gasteiger partial charge in [0.1, 0.15) is 10.0 Å². The highest BCUT2D eigenvalue weighted by molar-refractivity contribution is 7.10. The Kier molecular flexibility index (Phi) is 3.64. The van der Waals surface area contributed by atoms with Crippen LogP contribution < -0.4 is 0 Å². The molecule has 1 aliphatic carbocycles. The van der Waals surface area contributed by atoms with Crippen molar-refractivity contribution in [1.82, 2.24) is 14.5 Å². The van der Waals surface area contributed by atoms with Crippen molar-refractivity contribution in [3.05, 3.63) is 10.0 Å². The van der Waals surface area contributed by atoms with Crippen LogP contribution in [0.2, 0.25) is 4.34 Å². The lowest BCUT2D eigenvalue weighted by atomic mass is 9.78. The Morgan fingerprint density at radius 2 is 2.06 bits per heavy atom. The van der Waals surface area contributed by atoms with Gasteiger partial charge in [0.15, 0.2) is 0 Å². The number of hydrogen-bond acceptors (Lipinski definition) is 4. The molecule has 17 heavy (non-hydrogen) atoms. The lowest BCUT2D eigenvalue weighted by Gasteiger charge is -2.43. The fourth-order valence-electron chi connectivity index (χ4n) is 3.41. The van der Waals surface area contributed by atoms with Crippen molar-refractivity contribution in [2.24, 2.45) is 5.92 Å². The molecule has 2 aliphatic rings. The second kappa shape index (κ2) is 5.21. The lowest BCUT2D eigenvalue weighted by Crippen LogP contribution is -2.46. The van der Waals surface area contributed by atoms with Crippen LogP contribution in [0.25, 0.3) is 0 Å². The number of halogens is 1. The van der Waals surface area contributed by atoms with E-state index in [9.17, 15) is 0 Å². The predicted molar refractivity (Wildman–Crippen MR) is 70.3 cm³/mol. The van der Waals surface area contributed by atoms with E-state index in [4.69, 9.17) is 11.6 Å². The predicted octanol–water partition coefficient (Wildman–Crippen LogP) is 3.35. The van der Waals surface area contributed by atoms with E-state index >= 15 is 0 Å². The molecule has 1 saturated heterocycles. The molecule has 5 heteroatoms. The minimum absolute atomic E-state index is 0.767. The maximum Gasteiger partial charge on any atom is 0.138 e. The third-order valence-corrected chi connectivity index (χ3v) is 5.20. The molecule has 94 valence electrons. The zero-order chi connectivity index (χ0) is 11.7. The van der Waals surface area contributed by atoms with Gasteiger partial charge in [-0.15, -0.1) is 5.10 Å². The number of rotatable bonds is 2. The van der Waals surface area contributed by atoms with Crippen molar-refractivity contribution in [3.63, 3.8) is 0 Å². The first-order valence-corrected chi connectivity index (χ1v) is 7.70. The summed E-state index contributed by atoms with van der Waals surface area (Å²) in [5.41, 5.74) is 0.975. The van der Waals surface area contributed by atoms with Crippen LogP contribution >= 0.6 is 23.1 Å². The molecule has 3 rings (SSSR count). The summed E-state index contributed by atoms with van der Waals surface area (Å²) in [6, 6.07) is 0.773. The molecule has 0 aromatic carbocycles. The van der Waals surface area contributed by atoms with Gasteiger partial charge in [-0.25, -0.2) is 0 Å². The second-order valence-electron chi connectivity index (χ2n) is 5.22. The summed E-state index contributed by atoms with van der Waals surface area (Å²) in [7, 11) is 0. The summed E-state index contributed by atoms with van der Waals surface area (Å²) < 4.78 is 4.69. The van der Waals surface area contributed by atoms with Crippen molar-refractivity contribution >= 4 is 23.1 Å².